The Balaban J connectivity index is 2.18. The zero-order valence-corrected chi connectivity index (χ0v) is 13.6. The molecule has 1 amide bonds. The molecule has 5 nitrogen and oxygen atoms in total. The highest BCUT2D eigenvalue weighted by Crippen LogP contribution is 2.33. The summed E-state index contributed by atoms with van der Waals surface area (Å²) in [6.45, 7) is -0.717. The van der Waals surface area contributed by atoms with Crippen LogP contribution in [0.15, 0.2) is 42.6 Å². The number of amides is 1. The summed E-state index contributed by atoms with van der Waals surface area (Å²) in [5, 5.41) is 8.73. The van der Waals surface area contributed by atoms with E-state index in [-0.39, 0.29) is 24.0 Å². The monoisotopic (exact) mass is 374 g/mol. The molecule has 0 aliphatic carbocycles. The van der Waals surface area contributed by atoms with Crippen molar-refractivity contribution in [3.8, 4) is 0 Å². The number of aliphatic hydroxyl groups is 1. The summed E-state index contributed by atoms with van der Waals surface area (Å²) < 4.78 is 43.1. The zero-order chi connectivity index (χ0) is 18.4. The summed E-state index contributed by atoms with van der Waals surface area (Å²) in [5.41, 5.74) is -0.311. The summed E-state index contributed by atoms with van der Waals surface area (Å²) in [6.07, 6.45) is -4.92. The largest absolute Gasteiger partial charge is 0.444 e. The van der Waals surface area contributed by atoms with E-state index in [4.69, 9.17) is 21.4 Å². The molecule has 0 spiro atoms. The quantitative estimate of drug-likeness (QED) is 0.862. The van der Waals surface area contributed by atoms with Crippen LogP contribution in [-0.4, -0.2) is 29.3 Å². The van der Waals surface area contributed by atoms with Crippen LogP contribution in [0.5, 0.6) is 0 Å². The molecule has 9 heteroatoms. The third-order valence-electron chi connectivity index (χ3n) is 3.15. The first kappa shape index (κ1) is 19.0. The lowest BCUT2D eigenvalue weighted by molar-refractivity contribution is -0.137. The van der Waals surface area contributed by atoms with E-state index in [9.17, 15) is 18.0 Å². The average molecular weight is 375 g/mol. The smallest absolute Gasteiger partial charge is 0.417 e. The van der Waals surface area contributed by atoms with Crippen LogP contribution in [0.1, 0.15) is 11.1 Å². The predicted molar refractivity (Wildman–Crippen MR) is 85.3 cm³/mol. The van der Waals surface area contributed by atoms with Gasteiger partial charge in [-0.05, 0) is 11.6 Å². The summed E-state index contributed by atoms with van der Waals surface area (Å²) in [7, 11) is 0. The van der Waals surface area contributed by atoms with E-state index < -0.39 is 24.4 Å². The van der Waals surface area contributed by atoms with Gasteiger partial charge in [0.2, 0.25) is 0 Å². The zero-order valence-electron chi connectivity index (χ0n) is 12.8. The molecule has 2 rings (SSSR count). The van der Waals surface area contributed by atoms with Crippen molar-refractivity contribution in [1.82, 2.24) is 4.98 Å². The van der Waals surface area contributed by atoms with Crippen LogP contribution < -0.4 is 4.90 Å². The molecule has 0 saturated carbocycles. The Bertz CT molecular complexity index is 726. The Morgan fingerprint density at radius 1 is 1.28 bits per heavy atom. The van der Waals surface area contributed by atoms with Crippen LogP contribution in [0, 0.1) is 0 Å². The van der Waals surface area contributed by atoms with Gasteiger partial charge in [-0.1, -0.05) is 41.9 Å². The number of halogens is 4. The second-order valence-corrected chi connectivity index (χ2v) is 5.35. The molecule has 0 saturated heterocycles. The highest BCUT2D eigenvalue weighted by molar-refractivity contribution is 6.33. The molecule has 25 heavy (non-hydrogen) atoms. The maximum atomic E-state index is 12.7. The molecule has 1 aromatic heterocycles. The van der Waals surface area contributed by atoms with E-state index in [2.05, 4.69) is 4.98 Å². The van der Waals surface area contributed by atoms with Gasteiger partial charge in [0.05, 0.1) is 23.7 Å². The van der Waals surface area contributed by atoms with Gasteiger partial charge in [-0.25, -0.2) is 9.78 Å². The number of carbonyl (C=O) groups excluding carboxylic acids is 1. The number of benzene rings is 1. The fourth-order valence-corrected chi connectivity index (χ4v) is 2.23. The molecule has 0 bridgehead atoms. The van der Waals surface area contributed by atoms with Crippen molar-refractivity contribution in [2.24, 2.45) is 0 Å². The number of hydrogen-bond donors (Lipinski definition) is 1. The van der Waals surface area contributed by atoms with Crippen molar-refractivity contribution < 1.29 is 27.8 Å². The Labute approximate surface area is 146 Å². The van der Waals surface area contributed by atoms with Gasteiger partial charge < -0.3 is 9.84 Å². The number of aliphatic hydroxyl groups excluding tert-OH is 1. The molecule has 0 aliphatic rings. The highest BCUT2D eigenvalue weighted by Gasteiger charge is 2.32. The first-order valence-electron chi connectivity index (χ1n) is 7.14. The number of pyridine rings is 1. The lowest BCUT2D eigenvalue weighted by Crippen LogP contribution is -2.35. The number of ether oxygens (including phenoxy) is 1. The maximum Gasteiger partial charge on any atom is 0.417 e. The van der Waals surface area contributed by atoms with E-state index >= 15 is 0 Å². The van der Waals surface area contributed by atoms with Gasteiger partial charge in [0.1, 0.15) is 6.61 Å². The Morgan fingerprint density at radius 3 is 2.52 bits per heavy atom. The normalized spacial score (nSPS) is 11.2. The molecule has 0 radical (unpaired) electrons. The molecular weight excluding hydrogens is 361 g/mol. The number of rotatable bonds is 5. The maximum absolute atomic E-state index is 12.7. The van der Waals surface area contributed by atoms with Crippen LogP contribution >= 0.6 is 11.6 Å². The molecule has 134 valence electrons. The Morgan fingerprint density at radius 2 is 1.96 bits per heavy atom. The van der Waals surface area contributed by atoms with Crippen LogP contribution in [0.2, 0.25) is 5.02 Å². The summed E-state index contributed by atoms with van der Waals surface area (Å²) >= 11 is 5.83. The second kappa shape index (κ2) is 8.17. The minimum absolute atomic E-state index is 0.0418. The van der Waals surface area contributed by atoms with Gasteiger partial charge in [0, 0.05) is 6.20 Å². The first-order valence-corrected chi connectivity index (χ1v) is 7.52. The van der Waals surface area contributed by atoms with Crippen molar-refractivity contribution in [2.45, 2.75) is 12.8 Å². The van der Waals surface area contributed by atoms with Gasteiger partial charge in [0.15, 0.2) is 5.82 Å². The van der Waals surface area contributed by atoms with Crippen LogP contribution in [0.4, 0.5) is 23.8 Å². The SMILES string of the molecule is O=C(OCc1ccccc1)N(CCO)c1ncc(C(F)(F)F)cc1Cl. The molecule has 0 aliphatic heterocycles. The number of anilines is 1. The fourth-order valence-electron chi connectivity index (χ4n) is 1.97. The van der Waals surface area contributed by atoms with Gasteiger partial charge in [-0.15, -0.1) is 0 Å². The second-order valence-electron chi connectivity index (χ2n) is 4.94. The molecule has 1 N–H and O–H groups in total. The fraction of sp³-hybridized carbons (Fsp3) is 0.250. The molecule has 2 aromatic rings. The standard InChI is InChI=1S/C16H14ClF3N2O3/c17-13-8-12(16(18,19)20)9-21-14(13)22(6-7-23)15(24)25-10-11-4-2-1-3-5-11/h1-5,8-9,23H,6-7,10H2. The highest BCUT2D eigenvalue weighted by atomic mass is 35.5. The van der Waals surface area contributed by atoms with Crippen LogP contribution in [0.3, 0.4) is 0 Å². The first-order chi connectivity index (χ1) is 11.8. The topological polar surface area (TPSA) is 62.7 Å². The Hall–Kier alpha value is -2.32. The van der Waals surface area contributed by atoms with Crippen molar-refractivity contribution in [1.29, 1.82) is 0 Å². The molecular formula is C16H14ClF3N2O3. The summed E-state index contributed by atoms with van der Waals surface area (Å²) in [5.74, 6) is -0.221. The molecule has 1 aromatic carbocycles. The third kappa shape index (κ3) is 5.07. The number of nitrogens with zero attached hydrogens (tertiary/aromatic N) is 2. The van der Waals surface area contributed by atoms with Crippen molar-refractivity contribution >= 4 is 23.5 Å². The van der Waals surface area contributed by atoms with Crippen molar-refractivity contribution in [2.75, 3.05) is 18.1 Å². The van der Waals surface area contributed by atoms with Crippen LogP contribution in [-0.2, 0) is 17.5 Å². The van der Waals surface area contributed by atoms with Gasteiger partial charge in [0.25, 0.3) is 0 Å². The molecule has 0 unspecified atom stereocenters. The van der Waals surface area contributed by atoms with Crippen LogP contribution in [0.25, 0.3) is 0 Å². The number of alkyl halides is 3. The van der Waals surface area contributed by atoms with Gasteiger partial charge in [-0.2, -0.15) is 13.2 Å². The third-order valence-corrected chi connectivity index (χ3v) is 3.43. The lowest BCUT2D eigenvalue weighted by atomic mass is 10.2. The number of hydrogen-bond acceptors (Lipinski definition) is 4. The van der Waals surface area contributed by atoms with E-state index in [1.54, 1.807) is 30.3 Å². The molecule has 1 heterocycles. The number of aromatic nitrogens is 1. The lowest BCUT2D eigenvalue weighted by Gasteiger charge is -2.21. The molecule has 0 atom stereocenters. The summed E-state index contributed by atoms with van der Waals surface area (Å²) in [4.78, 5) is 16.7. The van der Waals surface area contributed by atoms with E-state index in [0.717, 1.165) is 10.5 Å². The van der Waals surface area contributed by atoms with E-state index in [0.29, 0.717) is 12.3 Å². The Kier molecular flexibility index (Phi) is 6.22. The minimum Gasteiger partial charge on any atom is -0.444 e. The average Bonchev–Trinajstić information content (AvgIpc) is 2.58. The minimum atomic E-state index is -4.61. The van der Waals surface area contributed by atoms with Crippen molar-refractivity contribution in [3.63, 3.8) is 0 Å². The van der Waals surface area contributed by atoms with E-state index in [1.165, 1.54) is 0 Å². The van der Waals surface area contributed by atoms with Crippen molar-refractivity contribution in [3.05, 3.63) is 58.7 Å². The summed E-state index contributed by atoms with van der Waals surface area (Å²) in [6, 6.07) is 9.49. The van der Waals surface area contributed by atoms with E-state index in [1.807, 2.05) is 0 Å². The predicted octanol–water partition coefficient (Wildman–Crippen LogP) is 3.89. The van der Waals surface area contributed by atoms with Gasteiger partial charge in [-0.3, -0.25) is 4.90 Å². The van der Waals surface area contributed by atoms with Gasteiger partial charge >= 0.3 is 12.3 Å². The molecule has 0 fully saturated rings. The number of carbonyl (C=O) groups is 1.